The van der Waals surface area contributed by atoms with E-state index in [9.17, 15) is 48.5 Å². The van der Waals surface area contributed by atoms with E-state index >= 15 is 0 Å². The third-order valence-electron chi connectivity index (χ3n) is 10.7. The molecule has 324 valence electrons. The molecule has 2 aromatic rings. The minimum Gasteiger partial charge on any atom is -0.462 e. The predicted molar refractivity (Wildman–Crippen MR) is 229 cm³/mol. The van der Waals surface area contributed by atoms with Crippen LogP contribution in [0.5, 0.6) is 0 Å². The first-order valence-electron chi connectivity index (χ1n) is 19.7. The van der Waals surface area contributed by atoms with Crippen molar-refractivity contribution >= 4 is 59.2 Å². The number of benzene rings is 2. The molecule has 0 spiro atoms. The summed E-state index contributed by atoms with van der Waals surface area (Å²) >= 11 is 0. The normalized spacial score (nSPS) is 18.7. The number of para-hydroxylation sites is 1. The Morgan fingerprint density at radius 2 is 1.47 bits per heavy atom. The maximum atomic E-state index is 13.7. The van der Waals surface area contributed by atoms with Crippen molar-refractivity contribution in [3.63, 3.8) is 0 Å². The molecule has 2 heterocycles. The number of ketones is 1. The number of rotatable bonds is 21. The van der Waals surface area contributed by atoms with Crippen LogP contribution in [0, 0.1) is 5.92 Å². The van der Waals surface area contributed by atoms with Gasteiger partial charge in [-0.2, -0.15) is 29.8 Å². The van der Waals surface area contributed by atoms with Crippen molar-refractivity contribution in [1.29, 1.82) is 0 Å². The second-order valence-corrected chi connectivity index (χ2v) is 20.8. The molecular formula is C42H57N2O12S3+. The standard InChI is InChI=1S/C42H56N2O12S3/c1-7-8-24-56-40(46)32-28-31(39(45)30(2)3)29-35-38(32)41(4,5)36(44(35)23-16-27-59(53,54)55)19-10-9-11-20-37-42(6,21-14-25-57(47,48)49)33-17-12-13-18-34(33)43(37)22-15-26-58(50,51)52/h9-13,17-20,28-30H,7-8,14-16,21-27H2,1-6H3,(H2-,47,48,49,50,51,52,53,54,55)/p+1. The van der Waals surface area contributed by atoms with Crippen LogP contribution in [-0.2, 0) is 45.9 Å². The lowest BCUT2D eigenvalue weighted by atomic mass is 9.77. The van der Waals surface area contributed by atoms with Gasteiger partial charge in [0.2, 0.25) is 5.69 Å². The Hall–Kier alpha value is -4.00. The summed E-state index contributed by atoms with van der Waals surface area (Å²) in [6, 6.07) is 10.8. The molecule has 0 aromatic heterocycles. The molecule has 4 rings (SSSR count). The molecule has 1 atom stereocenters. The van der Waals surface area contributed by atoms with Crippen molar-refractivity contribution in [1.82, 2.24) is 0 Å². The lowest BCUT2D eigenvalue weighted by molar-refractivity contribution is -0.437. The van der Waals surface area contributed by atoms with E-state index in [0.29, 0.717) is 35.4 Å². The van der Waals surface area contributed by atoms with E-state index in [2.05, 4.69) is 0 Å². The maximum absolute atomic E-state index is 13.7. The lowest BCUT2D eigenvalue weighted by Gasteiger charge is -2.30. The predicted octanol–water partition coefficient (Wildman–Crippen LogP) is 6.86. The highest BCUT2D eigenvalue weighted by Crippen LogP contribution is 2.50. The number of hydrogen-bond acceptors (Lipinski definition) is 10. The van der Waals surface area contributed by atoms with E-state index in [1.165, 1.54) is 0 Å². The zero-order valence-corrected chi connectivity index (χ0v) is 37.0. The van der Waals surface area contributed by atoms with Gasteiger partial charge in [-0.3, -0.25) is 18.5 Å². The second-order valence-electron chi connectivity index (χ2n) is 16.1. The van der Waals surface area contributed by atoms with E-state index in [4.69, 9.17) is 4.74 Å². The van der Waals surface area contributed by atoms with E-state index < -0.39 is 64.4 Å². The summed E-state index contributed by atoms with van der Waals surface area (Å²) in [7, 11) is -12.7. The Balaban J connectivity index is 1.82. The summed E-state index contributed by atoms with van der Waals surface area (Å²) in [5.74, 6) is -2.54. The van der Waals surface area contributed by atoms with E-state index in [1.807, 2.05) is 73.6 Å². The van der Waals surface area contributed by atoms with Crippen LogP contribution in [0.3, 0.4) is 0 Å². The van der Waals surface area contributed by atoms with Gasteiger partial charge in [0.1, 0.15) is 6.54 Å². The number of anilines is 1. The fourth-order valence-electron chi connectivity index (χ4n) is 7.95. The van der Waals surface area contributed by atoms with Crippen molar-refractivity contribution in [2.45, 2.75) is 90.9 Å². The van der Waals surface area contributed by atoms with Crippen LogP contribution < -0.4 is 4.90 Å². The topological polar surface area (TPSA) is 213 Å². The van der Waals surface area contributed by atoms with Gasteiger partial charge in [0.25, 0.3) is 30.4 Å². The molecule has 14 nitrogen and oxygen atoms in total. The summed E-state index contributed by atoms with van der Waals surface area (Å²) in [6.07, 6.45) is 11.1. The molecule has 0 saturated heterocycles. The molecule has 0 fully saturated rings. The number of carbonyl (C=O) groups is 2. The van der Waals surface area contributed by atoms with Gasteiger partial charge in [-0.15, -0.1) is 0 Å². The molecule has 0 radical (unpaired) electrons. The first-order valence-corrected chi connectivity index (χ1v) is 24.6. The van der Waals surface area contributed by atoms with Crippen LogP contribution in [0.15, 0.2) is 72.5 Å². The highest BCUT2D eigenvalue weighted by atomic mass is 32.2. The number of Topliss-reactive ketones (excluding diaryl/α,β-unsaturated/α-hetero) is 1. The van der Waals surface area contributed by atoms with E-state index in [0.717, 1.165) is 23.4 Å². The first kappa shape index (κ1) is 47.7. The molecule has 0 amide bonds. The van der Waals surface area contributed by atoms with Gasteiger partial charge < -0.3 is 9.64 Å². The summed E-state index contributed by atoms with van der Waals surface area (Å²) in [5, 5.41) is 0. The molecule has 0 bridgehead atoms. The van der Waals surface area contributed by atoms with Crippen LogP contribution in [-0.4, -0.2) is 97.9 Å². The van der Waals surface area contributed by atoms with Crippen LogP contribution >= 0.6 is 0 Å². The smallest absolute Gasteiger partial charge is 0.338 e. The van der Waals surface area contributed by atoms with Gasteiger partial charge in [-0.1, -0.05) is 63.6 Å². The van der Waals surface area contributed by atoms with Crippen molar-refractivity contribution < 1.29 is 57.8 Å². The SMILES string of the molecule is CCCCOC(=O)c1cc(C(=O)C(C)C)cc2c1C(C)(C)C(C=CC=CC=C1N(CCCS(=O)(=O)O)c3ccccc3C1(C)CCCS(=O)(=O)O)=[N+]2CCCS(=O)(=O)O. The number of carbonyl (C=O) groups excluding carboxylic acids is 2. The lowest BCUT2D eigenvalue weighted by Crippen LogP contribution is -2.30. The Morgan fingerprint density at radius 3 is 2.10 bits per heavy atom. The van der Waals surface area contributed by atoms with Gasteiger partial charge in [0.15, 0.2) is 11.5 Å². The van der Waals surface area contributed by atoms with Crippen molar-refractivity contribution in [2.75, 3.05) is 41.9 Å². The summed E-state index contributed by atoms with van der Waals surface area (Å²) in [6.45, 7) is 11.9. The van der Waals surface area contributed by atoms with E-state index in [1.54, 1.807) is 44.2 Å². The molecule has 2 aliphatic heterocycles. The first-order chi connectivity index (χ1) is 27.4. The maximum Gasteiger partial charge on any atom is 0.338 e. The van der Waals surface area contributed by atoms with Gasteiger partial charge in [-0.25, -0.2) is 4.79 Å². The Kier molecular flexibility index (Phi) is 15.5. The minimum absolute atomic E-state index is 0.0381. The quantitative estimate of drug-likeness (QED) is 0.0293. The summed E-state index contributed by atoms with van der Waals surface area (Å²) < 4.78 is 106. The third kappa shape index (κ3) is 12.1. The van der Waals surface area contributed by atoms with Crippen LogP contribution in [0.25, 0.3) is 0 Å². The fourth-order valence-corrected chi connectivity index (χ4v) is 9.45. The van der Waals surface area contributed by atoms with Gasteiger partial charge in [0, 0.05) is 53.4 Å². The van der Waals surface area contributed by atoms with Gasteiger partial charge in [0.05, 0.1) is 40.4 Å². The molecular weight excluding hydrogens is 821 g/mol. The molecule has 1 unspecified atom stereocenters. The Labute approximate surface area is 349 Å². The molecule has 2 aliphatic rings. The number of fused-ring (bicyclic) bond motifs is 2. The average molecular weight is 878 g/mol. The summed E-state index contributed by atoms with van der Waals surface area (Å²) in [5.41, 5.74) is 3.24. The molecule has 0 saturated carbocycles. The highest BCUT2D eigenvalue weighted by Gasteiger charge is 2.48. The Bertz CT molecular complexity index is 2380. The van der Waals surface area contributed by atoms with E-state index in [-0.39, 0.29) is 56.2 Å². The van der Waals surface area contributed by atoms with Crippen molar-refractivity contribution in [3.8, 4) is 0 Å². The molecule has 0 aliphatic carbocycles. The number of hydrogen-bond donors (Lipinski definition) is 3. The van der Waals surface area contributed by atoms with Crippen molar-refractivity contribution in [3.05, 3.63) is 94.7 Å². The number of esters is 1. The molecule has 2 aromatic carbocycles. The monoisotopic (exact) mass is 877 g/mol. The second kappa shape index (κ2) is 19.1. The van der Waals surface area contributed by atoms with Gasteiger partial charge in [-0.05, 0) is 70.2 Å². The number of allylic oxidation sites excluding steroid dienone is 6. The van der Waals surface area contributed by atoms with Crippen molar-refractivity contribution in [2.24, 2.45) is 5.92 Å². The molecule has 59 heavy (non-hydrogen) atoms. The number of unbranched alkanes of at least 4 members (excludes halogenated alkanes) is 1. The highest BCUT2D eigenvalue weighted by molar-refractivity contribution is 7.86. The minimum atomic E-state index is -4.29. The molecule has 3 N–H and O–H groups in total. The Morgan fingerprint density at radius 1 is 0.847 bits per heavy atom. The van der Waals surface area contributed by atoms with Crippen LogP contribution in [0.1, 0.15) is 112 Å². The number of ether oxygens (including phenoxy) is 1. The largest absolute Gasteiger partial charge is 0.462 e. The number of nitrogens with zero attached hydrogens (tertiary/aromatic N) is 2. The van der Waals surface area contributed by atoms with Crippen LogP contribution in [0.2, 0.25) is 0 Å². The molecule has 17 heteroatoms. The van der Waals surface area contributed by atoms with Crippen LogP contribution in [0.4, 0.5) is 11.4 Å². The third-order valence-corrected chi connectivity index (χ3v) is 13.2. The summed E-state index contributed by atoms with van der Waals surface area (Å²) in [4.78, 5) is 29.0. The average Bonchev–Trinajstić information content (AvgIpc) is 3.48. The zero-order valence-electron chi connectivity index (χ0n) is 34.5. The fraction of sp³-hybridized carbons (Fsp3) is 0.500. The van der Waals surface area contributed by atoms with Gasteiger partial charge >= 0.3 is 5.97 Å². The zero-order chi connectivity index (χ0) is 44.0.